The highest BCUT2D eigenvalue weighted by Crippen LogP contribution is 2.25. The minimum absolute atomic E-state index is 0.472. The third-order valence-electron chi connectivity index (χ3n) is 2.58. The molecule has 2 nitrogen and oxygen atoms in total. The fourth-order valence-electron chi connectivity index (χ4n) is 1.49. The largest absolute Gasteiger partial charge is 0.389 e. The van der Waals surface area contributed by atoms with Crippen molar-refractivity contribution in [2.24, 2.45) is 0 Å². The molecule has 0 fully saturated rings. The molecule has 1 aromatic carbocycles. The minimum Gasteiger partial charge on any atom is -0.389 e. The fraction of sp³-hybridized carbons (Fsp3) is 0.214. The lowest BCUT2D eigenvalue weighted by atomic mass is 10.2. The molecule has 0 saturated carbocycles. The van der Waals surface area contributed by atoms with Crippen LogP contribution in [0.1, 0.15) is 24.2 Å². The zero-order valence-electron chi connectivity index (χ0n) is 10.0. The van der Waals surface area contributed by atoms with Crippen molar-refractivity contribution < 1.29 is 5.11 Å². The van der Waals surface area contributed by atoms with Crippen LogP contribution in [-0.4, -0.2) is 10.1 Å². The van der Waals surface area contributed by atoms with E-state index in [1.807, 2.05) is 36.4 Å². The Kier molecular flexibility index (Phi) is 4.64. The van der Waals surface area contributed by atoms with E-state index in [0.717, 1.165) is 26.9 Å². The van der Waals surface area contributed by atoms with E-state index in [1.54, 1.807) is 24.9 Å². The second kappa shape index (κ2) is 6.23. The summed E-state index contributed by atoms with van der Waals surface area (Å²) in [5, 5.41) is 11.1. The van der Waals surface area contributed by atoms with Crippen LogP contribution >= 0.6 is 23.4 Å². The molecule has 18 heavy (non-hydrogen) atoms. The van der Waals surface area contributed by atoms with Gasteiger partial charge in [0.05, 0.1) is 11.1 Å². The summed E-state index contributed by atoms with van der Waals surface area (Å²) in [6.45, 7) is 1.73. The molecule has 0 aliphatic rings. The quantitative estimate of drug-likeness (QED) is 0.856. The average molecular weight is 280 g/mol. The molecule has 0 radical (unpaired) electrons. The van der Waals surface area contributed by atoms with Gasteiger partial charge in [-0.1, -0.05) is 35.9 Å². The van der Waals surface area contributed by atoms with Gasteiger partial charge >= 0.3 is 0 Å². The monoisotopic (exact) mass is 279 g/mol. The first-order valence-electron chi connectivity index (χ1n) is 5.67. The number of hydrogen-bond donors (Lipinski definition) is 1. The molecule has 1 aromatic heterocycles. The van der Waals surface area contributed by atoms with Crippen molar-refractivity contribution in [3.63, 3.8) is 0 Å². The van der Waals surface area contributed by atoms with E-state index < -0.39 is 6.10 Å². The van der Waals surface area contributed by atoms with Crippen LogP contribution in [0.4, 0.5) is 0 Å². The number of rotatable bonds is 4. The Balaban J connectivity index is 2.00. The van der Waals surface area contributed by atoms with E-state index in [9.17, 15) is 5.11 Å². The molecule has 1 N–H and O–H groups in total. The van der Waals surface area contributed by atoms with Crippen molar-refractivity contribution in [2.75, 3.05) is 0 Å². The molecule has 94 valence electrons. The average Bonchev–Trinajstić information content (AvgIpc) is 2.38. The number of aliphatic hydroxyl groups is 1. The van der Waals surface area contributed by atoms with E-state index in [1.165, 1.54) is 0 Å². The number of halogens is 1. The van der Waals surface area contributed by atoms with Gasteiger partial charge in [-0.25, -0.2) is 4.98 Å². The van der Waals surface area contributed by atoms with Gasteiger partial charge in [-0.15, -0.1) is 11.8 Å². The molecule has 0 unspecified atom stereocenters. The molecule has 1 heterocycles. The number of aromatic nitrogens is 1. The van der Waals surface area contributed by atoms with Crippen molar-refractivity contribution in [3.05, 3.63) is 58.7 Å². The Morgan fingerprint density at radius 3 is 2.67 bits per heavy atom. The first-order chi connectivity index (χ1) is 8.66. The Bertz CT molecular complexity index is 513. The predicted octanol–water partition coefficient (Wildman–Crippen LogP) is 4.08. The van der Waals surface area contributed by atoms with E-state index in [0.29, 0.717) is 0 Å². The number of pyridine rings is 1. The molecule has 0 saturated heterocycles. The van der Waals surface area contributed by atoms with Crippen LogP contribution in [0.5, 0.6) is 0 Å². The lowest BCUT2D eigenvalue weighted by molar-refractivity contribution is 0.198. The first kappa shape index (κ1) is 13.4. The predicted molar refractivity (Wildman–Crippen MR) is 75.9 cm³/mol. The lowest BCUT2D eigenvalue weighted by Gasteiger charge is -2.06. The Morgan fingerprint density at radius 2 is 2.06 bits per heavy atom. The van der Waals surface area contributed by atoms with Gasteiger partial charge in [-0.2, -0.15) is 0 Å². The standard InChI is InChI=1S/C14H14ClNOS/c1-10(17)11-6-7-14(16-8-11)18-9-12-4-2-3-5-13(12)15/h2-8,10,17H,9H2,1H3/t10-/m0/s1. The summed E-state index contributed by atoms with van der Waals surface area (Å²) in [7, 11) is 0. The number of nitrogens with zero attached hydrogens (tertiary/aromatic N) is 1. The number of hydrogen-bond acceptors (Lipinski definition) is 3. The molecule has 0 amide bonds. The maximum atomic E-state index is 9.39. The Hall–Kier alpha value is -1.03. The third kappa shape index (κ3) is 3.48. The van der Waals surface area contributed by atoms with Crippen LogP contribution < -0.4 is 0 Å². The highest BCUT2D eigenvalue weighted by atomic mass is 35.5. The third-order valence-corrected chi connectivity index (χ3v) is 3.94. The smallest absolute Gasteiger partial charge is 0.0963 e. The molecular formula is C14H14ClNOS. The molecule has 1 atom stereocenters. The van der Waals surface area contributed by atoms with Gasteiger partial charge in [0.25, 0.3) is 0 Å². The van der Waals surface area contributed by atoms with Crippen molar-refractivity contribution in [2.45, 2.75) is 23.8 Å². The van der Waals surface area contributed by atoms with Crippen LogP contribution in [0.3, 0.4) is 0 Å². The molecule has 4 heteroatoms. The molecule has 0 bridgehead atoms. The molecule has 2 aromatic rings. The zero-order valence-corrected chi connectivity index (χ0v) is 11.6. The van der Waals surface area contributed by atoms with Crippen LogP contribution in [0, 0.1) is 0 Å². The van der Waals surface area contributed by atoms with E-state index >= 15 is 0 Å². The normalized spacial score (nSPS) is 12.4. The van der Waals surface area contributed by atoms with E-state index in [-0.39, 0.29) is 0 Å². The second-order valence-corrected chi connectivity index (χ2v) is 5.39. The summed E-state index contributed by atoms with van der Waals surface area (Å²) in [6, 6.07) is 11.6. The Morgan fingerprint density at radius 1 is 1.28 bits per heavy atom. The molecule has 0 aliphatic carbocycles. The zero-order chi connectivity index (χ0) is 13.0. The summed E-state index contributed by atoms with van der Waals surface area (Å²) >= 11 is 7.72. The van der Waals surface area contributed by atoms with Gasteiger partial charge in [0.15, 0.2) is 0 Å². The number of aliphatic hydroxyl groups excluding tert-OH is 1. The highest BCUT2D eigenvalue weighted by molar-refractivity contribution is 7.98. The number of thioether (sulfide) groups is 1. The van der Waals surface area contributed by atoms with Gasteiger partial charge < -0.3 is 5.11 Å². The van der Waals surface area contributed by atoms with Crippen LogP contribution in [-0.2, 0) is 5.75 Å². The molecule has 0 spiro atoms. The summed E-state index contributed by atoms with van der Waals surface area (Å²) in [4.78, 5) is 4.30. The van der Waals surface area contributed by atoms with E-state index in [2.05, 4.69) is 4.98 Å². The van der Waals surface area contributed by atoms with Crippen molar-refractivity contribution in [1.29, 1.82) is 0 Å². The van der Waals surface area contributed by atoms with Gasteiger partial charge in [0.2, 0.25) is 0 Å². The topological polar surface area (TPSA) is 33.1 Å². The van der Waals surface area contributed by atoms with Crippen molar-refractivity contribution >= 4 is 23.4 Å². The van der Waals surface area contributed by atoms with Crippen LogP contribution in [0.2, 0.25) is 5.02 Å². The SMILES string of the molecule is C[C@H](O)c1ccc(SCc2ccccc2Cl)nc1. The van der Waals surface area contributed by atoms with E-state index in [4.69, 9.17) is 11.6 Å². The lowest BCUT2D eigenvalue weighted by Crippen LogP contribution is -1.92. The second-order valence-electron chi connectivity index (χ2n) is 3.99. The molecule has 0 aliphatic heterocycles. The van der Waals surface area contributed by atoms with Gasteiger partial charge in [0.1, 0.15) is 0 Å². The summed E-state index contributed by atoms with van der Waals surface area (Å²) in [5.74, 6) is 0.792. The highest BCUT2D eigenvalue weighted by Gasteiger charge is 2.03. The van der Waals surface area contributed by atoms with Crippen LogP contribution in [0.15, 0.2) is 47.6 Å². The fourth-order valence-corrected chi connectivity index (χ4v) is 2.62. The maximum Gasteiger partial charge on any atom is 0.0963 e. The van der Waals surface area contributed by atoms with Crippen molar-refractivity contribution in [1.82, 2.24) is 4.98 Å². The molecular weight excluding hydrogens is 266 g/mol. The minimum atomic E-state index is -0.472. The number of benzene rings is 1. The van der Waals surface area contributed by atoms with Gasteiger partial charge in [-0.05, 0) is 30.2 Å². The first-order valence-corrected chi connectivity index (χ1v) is 7.03. The van der Waals surface area contributed by atoms with Gasteiger partial charge in [-0.3, -0.25) is 0 Å². The maximum absolute atomic E-state index is 9.39. The van der Waals surface area contributed by atoms with Crippen molar-refractivity contribution in [3.8, 4) is 0 Å². The van der Waals surface area contributed by atoms with Crippen LogP contribution in [0.25, 0.3) is 0 Å². The Labute approximate surface area is 116 Å². The summed E-state index contributed by atoms with van der Waals surface area (Å²) in [5.41, 5.74) is 1.93. The summed E-state index contributed by atoms with van der Waals surface area (Å²) in [6.07, 6.45) is 1.24. The molecule has 2 rings (SSSR count). The van der Waals surface area contributed by atoms with Gasteiger partial charge in [0, 0.05) is 17.0 Å². The summed E-state index contributed by atoms with van der Waals surface area (Å²) < 4.78 is 0.